The molecule has 0 radical (unpaired) electrons. The molecule has 2 saturated heterocycles. The molecule has 15 nitrogen and oxygen atoms in total. The number of aromatic nitrogens is 1. The van der Waals surface area contributed by atoms with Crippen LogP contribution in [0, 0.1) is 28.6 Å². The Bertz CT molecular complexity index is 2490. The number of likely N-dealkylation sites (N-methyl/N-ethyl adjacent to an activating group) is 1. The standard InChI is InChI=1S/C54H71ClF4N8O7S/c1-31(2)20-38-47(71)65(3)41(23-34-22-35(55)13-14-37(34)43-25-60-30-75-43)46(70)64-53(17-18-53)49(73)61-19-5-4-10-40(44(68)62-38)66(26-33-11-12-33)48(72)39(21-32-8-6-9-32)63-45(69)42-24-36(56)27-67(42)50(74)52(54(57,58)59)28-51(29-52)15-7-16-51/h13-14,22,25,30-33,36,38-42H,4-12,15-21,23-24,26-29H2,1-3H3,(H,61,73)(H,62,68)(H,63,69)(H,64,70)/t36-,38+,39+,40+,41+,42+/m1/s1. The number of rotatable bonds is 14. The van der Waals surface area contributed by atoms with Gasteiger partial charge in [0.05, 0.1) is 16.9 Å². The zero-order chi connectivity index (χ0) is 53.6. The van der Waals surface area contributed by atoms with E-state index in [0.29, 0.717) is 49.1 Å². The summed E-state index contributed by atoms with van der Waals surface area (Å²) >= 11 is 7.94. The highest BCUT2D eigenvalue weighted by molar-refractivity contribution is 7.13. The first kappa shape index (κ1) is 54.9. The highest BCUT2D eigenvalue weighted by Crippen LogP contribution is 2.69. The first-order valence-corrected chi connectivity index (χ1v) is 28.3. The molecule has 1 aromatic heterocycles. The third-order valence-electron chi connectivity index (χ3n) is 17.4. The maximum absolute atomic E-state index is 15.4. The van der Waals surface area contributed by atoms with Crippen molar-refractivity contribution >= 4 is 64.3 Å². The second-order valence-corrected chi connectivity index (χ2v) is 24.8. The Labute approximate surface area is 444 Å². The largest absolute Gasteiger partial charge is 0.403 e. The topological polar surface area (TPSA) is 190 Å². The van der Waals surface area contributed by atoms with Crippen LogP contribution in [0.15, 0.2) is 29.9 Å². The Morgan fingerprint density at radius 2 is 1.68 bits per heavy atom. The minimum Gasteiger partial charge on any atom is -0.354 e. The number of carbonyl (C=O) groups excluding carboxylic acids is 7. The van der Waals surface area contributed by atoms with Gasteiger partial charge in [0.15, 0.2) is 0 Å². The summed E-state index contributed by atoms with van der Waals surface area (Å²) in [6.07, 6.45) is 1.51. The average molecular weight is 1090 g/mol. The number of nitrogens with zero attached hydrogens (tertiary/aromatic N) is 4. The first-order chi connectivity index (χ1) is 35.6. The van der Waals surface area contributed by atoms with Gasteiger partial charge < -0.3 is 36.0 Å². The zero-order valence-corrected chi connectivity index (χ0v) is 44.7. The fourth-order valence-electron chi connectivity index (χ4n) is 12.4. The van der Waals surface area contributed by atoms with Crippen LogP contribution in [0.1, 0.15) is 135 Å². The van der Waals surface area contributed by atoms with Gasteiger partial charge in [-0.1, -0.05) is 57.2 Å². The van der Waals surface area contributed by atoms with Gasteiger partial charge in [0.2, 0.25) is 41.4 Å². The molecule has 7 amide bonds. The number of likely N-dealkylation sites (tertiary alicyclic amines) is 1. The molecule has 3 heterocycles. The molecular formula is C54H71ClF4N8O7S. The van der Waals surface area contributed by atoms with Crippen LogP contribution in [0.4, 0.5) is 17.6 Å². The Balaban J connectivity index is 1.01. The first-order valence-electron chi connectivity index (χ1n) is 27.1. The van der Waals surface area contributed by atoms with Crippen LogP contribution in [0.3, 0.4) is 0 Å². The lowest BCUT2D eigenvalue weighted by Crippen LogP contribution is -2.66. The van der Waals surface area contributed by atoms with Crippen molar-refractivity contribution in [1.82, 2.24) is 41.0 Å². The maximum Gasteiger partial charge on any atom is 0.403 e. The number of halogens is 5. The second-order valence-electron chi connectivity index (χ2n) is 23.5. The fourth-order valence-corrected chi connectivity index (χ4v) is 13.3. The highest BCUT2D eigenvalue weighted by atomic mass is 35.5. The number of hydrogen-bond donors (Lipinski definition) is 4. The Hall–Kier alpha value is -4.85. The van der Waals surface area contributed by atoms with Crippen molar-refractivity contribution in [3.63, 3.8) is 0 Å². The van der Waals surface area contributed by atoms with Gasteiger partial charge in [0.25, 0.3) is 0 Å². The van der Waals surface area contributed by atoms with Crippen LogP contribution >= 0.6 is 22.9 Å². The van der Waals surface area contributed by atoms with Crippen LogP contribution in [0.25, 0.3) is 10.4 Å². The molecule has 2 aliphatic heterocycles. The van der Waals surface area contributed by atoms with Crippen LogP contribution < -0.4 is 21.3 Å². The summed E-state index contributed by atoms with van der Waals surface area (Å²) in [4.78, 5) is 111. The summed E-state index contributed by atoms with van der Waals surface area (Å²) in [5, 5.41) is 12.2. The molecule has 6 atom stereocenters. The fraction of sp³-hybridized carbons (Fsp3) is 0.704. The third kappa shape index (κ3) is 11.7. The Morgan fingerprint density at radius 1 is 0.947 bits per heavy atom. The number of carbonyl (C=O) groups is 7. The monoisotopic (exact) mass is 1090 g/mol. The molecule has 0 unspecified atom stereocenters. The van der Waals surface area contributed by atoms with Crippen molar-refractivity contribution in [2.24, 2.45) is 28.6 Å². The van der Waals surface area contributed by atoms with E-state index in [1.165, 1.54) is 28.2 Å². The summed E-state index contributed by atoms with van der Waals surface area (Å²) in [6.45, 7) is 3.44. The van der Waals surface area contributed by atoms with Crippen molar-refractivity contribution in [3.05, 3.63) is 40.5 Å². The average Bonchev–Trinajstić information content (AvgIpc) is 4.20. The summed E-state index contributed by atoms with van der Waals surface area (Å²) < 4.78 is 60.1. The van der Waals surface area contributed by atoms with Gasteiger partial charge in [-0.05, 0) is 130 Å². The molecule has 2 spiro atoms. The van der Waals surface area contributed by atoms with Gasteiger partial charge in [-0.25, -0.2) is 4.39 Å². The molecule has 2 aromatic rings. The van der Waals surface area contributed by atoms with Gasteiger partial charge in [-0.15, -0.1) is 11.3 Å². The molecule has 9 rings (SSSR count). The van der Waals surface area contributed by atoms with E-state index < -0.39 is 120 Å². The van der Waals surface area contributed by atoms with Gasteiger partial charge in [0, 0.05) is 44.2 Å². The molecule has 7 fully saturated rings. The smallest absolute Gasteiger partial charge is 0.354 e. The molecule has 1 aromatic carbocycles. The molecule has 0 bridgehead atoms. The summed E-state index contributed by atoms with van der Waals surface area (Å²) in [6, 6.07) is -1.11. The number of thiazole rings is 1. The van der Waals surface area contributed by atoms with Crippen LogP contribution in [0.5, 0.6) is 0 Å². The minimum absolute atomic E-state index is 0.00214. The lowest BCUT2D eigenvalue weighted by Gasteiger charge is -2.60. The summed E-state index contributed by atoms with van der Waals surface area (Å²) in [7, 11) is 1.49. The summed E-state index contributed by atoms with van der Waals surface area (Å²) in [5.41, 5.74) is -1.38. The molecule has 5 aliphatic carbocycles. The van der Waals surface area contributed by atoms with E-state index in [1.807, 2.05) is 19.9 Å². The molecule has 5 saturated carbocycles. The van der Waals surface area contributed by atoms with E-state index in [9.17, 15) is 32.3 Å². The Kier molecular flexibility index (Phi) is 16.0. The van der Waals surface area contributed by atoms with Crippen molar-refractivity contribution in [2.45, 2.75) is 184 Å². The van der Waals surface area contributed by atoms with Gasteiger partial charge in [-0.2, -0.15) is 13.2 Å². The Morgan fingerprint density at radius 3 is 2.28 bits per heavy atom. The van der Waals surface area contributed by atoms with E-state index >= 15 is 18.8 Å². The van der Waals surface area contributed by atoms with Crippen LogP contribution in [-0.2, 0) is 40.0 Å². The normalized spacial score (nSPS) is 27.4. The number of amides is 7. The maximum atomic E-state index is 15.4. The van der Waals surface area contributed by atoms with Crippen molar-refractivity contribution in [1.29, 1.82) is 0 Å². The number of hydrogen-bond acceptors (Lipinski definition) is 9. The van der Waals surface area contributed by atoms with E-state index in [4.69, 9.17) is 11.6 Å². The van der Waals surface area contributed by atoms with Crippen LogP contribution in [-0.4, -0.2) is 136 Å². The van der Waals surface area contributed by atoms with Crippen molar-refractivity contribution in [3.8, 4) is 10.4 Å². The van der Waals surface area contributed by atoms with E-state index in [2.05, 4.69) is 26.3 Å². The van der Waals surface area contributed by atoms with E-state index in [0.717, 1.165) is 53.9 Å². The predicted molar refractivity (Wildman–Crippen MR) is 272 cm³/mol. The predicted octanol–water partition coefficient (Wildman–Crippen LogP) is 7.05. The molecule has 4 N–H and O–H groups in total. The molecule has 21 heteroatoms. The number of alkyl halides is 4. The lowest BCUT2D eigenvalue weighted by molar-refractivity contribution is -0.285. The molecule has 75 heavy (non-hydrogen) atoms. The summed E-state index contributed by atoms with van der Waals surface area (Å²) in [5.74, 6) is -5.07. The molecule has 410 valence electrons. The second kappa shape index (κ2) is 21.9. The minimum atomic E-state index is -4.91. The highest BCUT2D eigenvalue weighted by Gasteiger charge is 2.74. The van der Waals surface area contributed by atoms with E-state index in [1.54, 1.807) is 23.8 Å². The zero-order valence-electron chi connectivity index (χ0n) is 43.1. The SMILES string of the molecule is CC(C)C[C@@H]1NC(=O)[C@@H](N(CC2CC2)C(=O)[C@H](CC2CCC2)NC(=O)[C@@H]2C[C@@H](F)CN2C(=O)C2(C(F)(F)F)CC3(CCC3)C2)CCCCNC(=O)C2(CC2)NC(=O)[C@H](Cc2cc(Cl)ccc2-c2cncs2)N(C)C1=O. The number of nitrogens with one attached hydrogen (secondary N) is 4. The van der Waals surface area contributed by atoms with Crippen molar-refractivity contribution < 1.29 is 51.1 Å². The van der Waals surface area contributed by atoms with Gasteiger partial charge in [0.1, 0.15) is 47.3 Å². The third-order valence-corrected chi connectivity index (χ3v) is 18.5. The molecule has 7 aliphatic rings. The van der Waals surface area contributed by atoms with Crippen molar-refractivity contribution in [2.75, 3.05) is 26.7 Å². The molecular weight excluding hydrogens is 1020 g/mol. The van der Waals surface area contributed by atoms with Gasteiger partial charge in [-0.3, -0.25) is 38.5 Å². The van der Waals surface area contributed by atoms with Gasteiger partial charge >= 0.3 is 6.18 Å². The lowest BCUT2D eigenvalue weighted by atomic mass is 9.44. The van der Waals surface area contributed by atoms with E-state index in [-0.39, 0.29) is 62.4 Å². The quantitative estimate of drug-likeness (QED) is 0.145. The van der Waals surface area contributed by atoms with Crippen LogP contribution in [0.2, 0.25) is 5.02 Å². The number of benzene rings is 1.